The summed E-state index contributed by atoms with van der Waals surface area (Å²) in [6.07, 6.45) is 1.77. The molecule has 0 atom stereocenters. The van der Waals surface area contributed by atoms with Gasteiger partial charge in [-0.1, -0.05) is 17.7 Å². The van der Waals surface area contributed by atoms with Crippen LogP contribution < -0.4 is 0 Å². The fourth-order valence-corrected chi connectivity index (χ4v) is 1.45. The van der Waals surface area contributed by atoms with Crippen LogP contribution in [0.2, 0.25) is 5.02 Å². The van der Waals surface area contributed by atoms with E-state index in [0.717, 1.165) is 21.5 Å². The molecule has 1 aromatic heterocycles. The Hall–Kier alpha value is -1.08. The van der Waals surface area contributed by atoms with E-state index < -0.39 is 0 Å². The van der Waals surface area contributed by atoms with Crippen molar-refractivity contribution in [2.45, 2.75) is 6.92 Å². The summed E-state index contributed by atoms with van der Waals surface area (Å²) in [6.45, 7) is 1.99. The minimum Gasteiger partial charge on any atom is -0.256 e. The van der Waals surface area contributed by atoms with E-state index in [-0.39, 0.29) is 0 Å². The van der Waals surface area contributed by atoms with E-state index in [0.29, 0.717) is 0 Å². The molecule has 0 saturated heterocycles. The Morgan fingerprint density at radius 3 is 2.92 bits per heavy atom. The van der Waals surface area contributed by atoms with Crippen LogP contribution in [0, 0.1) is 6.92 Å². The molecule has 0 aliphatic heterocycles. The van der Waals surface area contributed by atoms with E-state index in [2.05, 4.69) is 4.98 Å². The predicted molar refractivity (Wildman–Crippen MR) is 51.5 cm³/mol. The zero-order valence-corrected chi connectivity index (χ0v) is 7.47. The molecule has 0 saturated carbocycles. The third-order valence-corrected chi connectivity index (χ3v) is 2.41. The number of rotatable bonds is 0. The van der Waals surface area contributed by atoms with Gasteiger partial charge in [0.2, 0.25) is 0 Å². The zero-order chi connectivity index (χ0) is 8.55. The van der Waals surface area contributed by atoms with E-state index in [1.165, 1.54) is 0 Å². The maximum Gasteiger partial charge on any atom is 0.0717 e. The van der Waals surface area contributed by atoms with Crippen LogP contribution in [0.25, 0.3) is 10.9 Å². The van der Waals surface area contributed by atoms with E-state index >= 15 is 0 Å². The second kappa shape index (κ2) is 2.76. The minimum atomic E-state index is 0.806. The molecule has 0 aliphatic rings. The normalized spacial score (nSPS) is 10.5. The predicted octanol–water partition coefficient (Wildman–Crippen LogP) is 3.20. The average molecular weight is 178 g/mol. The maximum absolute atomic E-state index is 6.09. The van der Waals surface area contributed by atoms with E-state index in [1.807, 2.05) is 31.2 Å². The molecule has 0 aliphatic carbocycles. The number of pyridine rings is 1. The minimum absolute atomic E-state index is 0.806. The number of aromatic nitrogens is 1. The van der Waals surface area contributed by atoms with Crippen LogP contribution in [0.4, 0.5) is 0 Å². The smallest absolute Gasteiger partial charge is 0.0717 e. The van der Waals surface area contributed by atoms with Gasteiger partial charge in [-0.25, -0.2) is 0 Å². The highest BCUT2D eigenvalue weighted by Gasteiger charge is 2.00. The van der Waals surface area contributed by atoms with Crippen LogP contribution in [0.15, 0.2) is 30.5 Å². The number of benzene rings is 1. The molecule has 1 heterocycles. The largest absolute Gasteiger partial charge is 0.256 e. The quantitative estimate of drug-likeness (QED) is 0.602. The molecular formula is C10H8ClN. The summed E-state index contributed by atoms with van der Waals surface area (Å²) >= 11 is 6.09. The lowest BCUT2D eigenvalue weighted by Crippen LogP contribution is -1.81. The van der Waals surface area contributed by atoms with E-state index in [9.17, 15) is 0 Å². The van der Waals surface area contributed by atoms with Crippen molar-refractivity contribution in [1.82, 2.24) is 4.98 Å². The van der Waals surface area contributed by atoms with Gasteiger partial charge in [0, 0.05) is 11.6 Å². The standard InChI is InChI=1S/C10H8ClN/c1-7-4-5-9-8(10(7)11)3-2-6-12-9/h2-6H,1H3. The van der Waals surface area contributed by atoms with Crippen molar-refractivity contribution in [2.75, 3.05) is 0 Å². The molecule has 0 amide bonds. The average Bonchev–Trinajstić information content (AvgIpc) is 2.12. The molecule has 0 radical (unpaired) electrons. The van der Waals surface area contributed by atoms with Gasteiger partial charge in [-0.3, -0.25) is 4.98 Å². The SMILES string of the molecule is Cc1ccc2ncccc2c1Cl. The highest BCUT2D eigenvalue weighted by Crippen LogP contribution is 2.24. The van der Waals surface area contributed by atoms with Crippen molar-refractivity contribution in [3.63, 3.8) is 0 Å². The van der Waals surface area contributed by atoms with Crippen LogP contribution >= 0.6 is 11.6 Å². The van der Waals surface area contributed by atoms with Crippen molar-refractivity contribution in [2.24, 2.45) is 0 Å². The van der Waals surface area contributed by atoms with E-state index in [4.69, 9.17) is 11.6 Å². The van der Waals surface area contributed by atoms with Crippen LogP contribution in [-0.2, 0) is 0 Å². The first-order chi connectivity index (χ1) is 5.79. The van der Waals surface area contributed by atoms with Gasteiger partial charge in [-0.05, 0) is 30.7 Å². The summed E-state index contributed by atoms with van der Waals surface area (Å²) in [5.41, 5.74) is 2.05. The fraction of sp³-hybridized carbons (Fsp3) is 0.100. The van der Waals surface area contributed by atoms with Gasteiger partial charge in [0.15, 0.2) is 0 Å². The highest BCUT2D eigenvalue weighted by atomic mass is 35.5. The Balaban J connectivity index is 2.91. The number of nitrogens with zero attached hydrogens (tertiary/aromatic N) is 1. The van der Waals surface area contributed by atoms with E-state index in [1.54, 1.807) is 6.20 Å². The summed E-state index contributed by atoms with van der Waals surface area (Å²) in [5, 5.41) is 1.83. The lowest BCUT2D eigenvalue weighted by molar-refractivity contribution is 1.39. The van der Waals surface area contributed by atoms with Gasteiger partial charge >= 0.3 is 0 Å². The molecule has 0 fully saturated rings. The number of aryl methyl sites for hydroxylation is 1. The Morgan fingerprint density at radius 1 is 1.25 bits per heavy atom. The number of hydrogen-bond acceptors (Lipinski definition) is 1. The molecule has 0 bridgehead atoms. The molecule has 0 N–H and O–H groups in total. The second-order valence-electron chi connectivity index (χ2n) is 2.77. The van der Waals surface area contributed by atoms with Crippen molar-refractivity contribution >= 4 is 22.5 Å². The van der Waals surface area contributed by atoms with Gasteiger partial charge < -0.3 is 0 Å². The van der Waals surface area contributed by atoms with Crippen molar-refractivity contribution < 1.29 is 0 Å². The van der Waals surface area contributed by atoms with Gasteiger partial charge in [0.1, 0.15) is 0 Å². The van der Waals surface area contributed by atoms with Gasteiger partial charge in [-0.2, -0.15) is 0 Å². The fourth-order valence-electron chi connectivity index (χ4n) is 1.23. The zero-order valence-electron chi connectivity index (χ0n) is 6.71. The molecule has 2 rings (SSSR count). The second-order valence-corrected chi connectivity index (χ2v) is 3.14. The van der Waals surface area contributed by atoms with Crippen molar-refractivity contribution in [3.05, 3.63) is 41.0 Å². The Morgan fingerprint density at radius 2 is 2.08 bits per heavy atom. The molecule has 0 unspecified atom stereocenters. The Labute approximate surface area is 76.0 Å². The number of halogens is 1. The van der Waals surface area contributed by atoms with Crippen molar-refractivity contribution in [1.29, 1.82) is 0 Å². The maximum atomic E-state index is 6.09. The van der Waals surface area contributed by atoms with Gasteiger partial charge in [0.25, 0.3) is 0 Å². The van der Waals surface area contributed by atoms with Gasteiger partial charge in [0.05, 0.1) is 10.5 Å². The number of hydrogen-bond donors (Lipinski definition) is 0. The lowest BCUT2D eigenvalue weighted by Gasteiger charge is -2.01. The molecule has 1 aromatic carbocycles. The molecule has 2 heteroatoms. The molecule has 2 aromatic rings. The lowest BCUT2D eigenvalue weighted by atomic mass is 10.1. The third-order valence-electron chi connectivity index (χ3n) is 1.91. The monoisotopic (exact) mass is 177 g/mol. The van der Waals surface area contributed by atoms with Crippen LogP contribution in [0.3, 0.4) is 0 Å². The molecular weight excluding hydrogens is 170 g/mol. The van der Waals surface area contributed by atoms with Crippen LogP contribution in [0.5, 0.6) is 0 Å². The Bertz CT molecular complexity index is 423. The summed E-state index contributed by atoms with van der Waals surface area (Å²) in [6, 6.07) is 7.85. The van der Waals surface area contributed by atoms with Crippen LogP contribution in [0.1, 0.15) is 5.56 Å². The van der Waals surface area contributed by atoms with Crippen molar-refractivity contribution in [3.8, 4) is 0 Å². The molecule has 12 heavy (non-hydrogen) atoms. The van der Waals surface area contributed by atoms with Gasteiger partial charge in [-0.15, -0.1) is 0 Å². The first-order valence-electron chi connectivity index (χ1n) is 3.79. The summed E-state index contributed by atoms with van der Waals surface area (Å²) in [5.74, 6) is 0. The topological polar surface area (TPSA) is 12.9 Å². The summed E-state index contributed by atoms with van der Waals surface area (Å²) < 4.78 is 0. The highest BCUT2D eigenvalue weighted by molar-refractivity contribution is 6.36. The van der Waals surface area contributed by atoms with Crippen LogP contribution in [-0.4, -0.2) is 4.98 Å². The third kappa shape index (κ3) is 1.07. The summed E-state index contributed by atoms with van der Waals surface area (Å²) in [7, 11) is 0. The first kappa shape index (κ1) is 7.56. The Kier molecular flexibility index (Phi) is 1.74. The molecule has 0 spiro atoms. The summed E-state index contributed by atoms with van der Waals surface area (Å²) in [4.78, 5) is 4.20. The molecule has 60 valence electrons. The molecule has 1 nitrogen and oxygen atoms in total. The first-order valence-corrected chi connectivity index (χ1v) is 4.16. The number of fused-ring (bicyclic) bond motifs is 1.